The smallest absolute Gasteiger partial charge is 0.269 e. The maximum atomic E-state index is 12.7. The molecule has 0 radical (unpaired) electrons. The Balaban J connectivity index is 1.45. The van der Waals surface area contributed by atoms with Gasteiger partial charge in [-0.2, -0.15) is 4.31 Å². The highest BCUT2D eigenvalue weighted by Crippen LogP contribution is 2.37. The predicted octanol–water partition coefficient (Wildman–Crippen LogP) is 2.74. The molecule has 0 atom stereocenters. The van der Waals surface area contributed by atoms with E-state index in [1.807, 2.05) is 0 Å². The number of thiazole rings is 1. The van der Waals surface area contributed by atoms with E-state index in [1.54, 1.807) is 19.2 Å². The lowest BCUT2D eigenvalue weighted by molar-refractivity contribution is 0.0730. The number of benzene rings is 2. The minimum atomic E-state index is -3.61. The van der Waals surface area contributed by atoms with Gasteiger partial charge in [-0.25, -0.2) is 13.4 Å². The number of fused-ring (bicyclic) bond motifs is 1. The number of anilines is 1. The number of amides is 1. The number of morpholine rings is 1. The van der Waals surface area contributed by atoms with Crippen LogP contribution in [-0.2, 0) is 14.8 Å². The number of nitrogens with zero attached hydrogens (tertiary/aromatic N) is 2. The summed E-state index contributed by atoms with van der Waals surface area (Å²) in [5.74, 6) is 0.139. The Bertz CT molecular complexity index is 1210. The lowest BCUT2D eigenvalue weighted by atomic mass is 10.2. The third kappa shape index (κ3) is 4.46. The van der Waals surface area contributed by atoms with Crippen LogP contribution in [0.5, 0.6) is 5.75 Å². The quantitative estimate of drug-likeness (QED) is 0.520. The van der Waals surface area contributed by atoms with Crippen LogP contribution in [0.4, 0.5) is 5.13 Å². The monoisotopic (exact) mass is 482 g/mol. The molecule has 4 rings (SSSR count). The summed E-state index contributed by atoms with van der Waals surface area (Å²) < 4.78 is 37.9. The fraction of sp³-hybridized carbons (Fsp3) is 0.263. The van der Waals surface area contributed by atoms with Gasteiger partial charge in [0.25, 0.3) is 5.91 Å². The SMILES string of the molecule is COc1ccc(Cl)c2sc(NNC(=O)c3ccc(S(=O)(=O)N4CCOCC4)cc3)nc12. The van der Waals surface area contributed by atoms with Crippen molar-refractivity contribution in [3.63, 3.8) is 0 Å². The molecule has 0 aliphatic carbocycles. The van der Waals surface area contributed by atoms with Crippen LogP contribution in [0.3, 0.4) is 0 Å². The molecular weight excluding hydrogens is 464 g/mol. The third-order valence-electron chi connectivity index (χ3n) is 4.69. The van der Waals surface area contributed by atoms with E-state index >= 15 is 0 Å². The lowest BCUT2D eigenvalue weighted by Gasteiger charge is -2.26. The fourth-order valence-electron chi connectivity index (χ4n) is 3.07. The summed E-state index contributed by atoms with van der Waals surface area (Å²) in [6, 6.07) is 9.20. The van der Waals surface area contributed by atoms with Gasteiger partial charge in [0.05, 0.1) is 34.9 Å². The zero-order valence-electron chi connectivity index (χ0n) is 16.4. The van der Waals surface area contributed by atoms with Gasteiger partial charge >= 0.3 is 0 Å². The molecule has 1 fully saturated rings. The Kier molecular flexibility index (Phi) is 6.30. The van der Waals surface area contributed by atoms with Crippen molar-refractivity contribution in [1.29, 1.82) is 0 Å². The summed E-state index contributed by atoms with van der Waals surface area (Å²) in [5.41, 5.74) is 6.20. The number of hydrogen-bond donors (Lipinski definition) is 2. The van der Waals surface area contributed by atoms with Crippen molar-refractivity contribution in [2.45, 2.75) is 4.90 Å². The molecule has 1 amide bonds. The predicted molar refractivity (Wildman–Crippen MR) is 118 cm³/mol. The van der Waals surface area contributed by atoms with Crippen molar-refractivity contribution < 1.29 is 22.7 Å². The molecule has 3 aromatic rings. The summed E-state index contributed by atoms with van der Waals surface area (Å²) in [6.07, 6.45) is 0. The second kappa shape index (κ2) is 8.97. The van der Waals surface area contributed by atoms with Gasteiger partial charge in [0.1, 0.15) is 11.3 Å². The summed E-state index contributed by atoms with van der Waals surface area (Å²) in [5, 5.41) is 0.964. The third-order valence-corrected chi connectivity index (χ3v) is 8.03. The Labute approximate surface area is 187 Å². The first-order valence-electron chi connectivity index (χ1n) is 9.27. The maximum absolute atomic E-state index is 12.7. The highest BCUT2D eigenvalue weighted by molar-refractivity contribution is 7.89. The number of ether oxygens (including phenoxy) is 2. The number of hydrazine groups is 1. The maximum Gasteiger partial charge on any atom is 0.269 e. The zero-order valence-corrected chi connectivity index (χ0v) is 18.8. The summed E-state index contributed by atoms with van der Waals surface area (Å²) in [6.45, 7) is 1.36. The number of aromatic nitrogens is 1. The molecule has 2 aromatic carbocycles. The molecule has 1 aliphatic rings. The van der Waals surface area contributed by atoms with Gasteiger partial charge in [-0.1, -0.05) is 22.9 Å². The highest BCUT2D eigenvalue weighted by Gasteiger charge is 2.26. The van der Waals surface area contributed by atoms with Crippen LogP contribution in [0, 0.1) is 0 Å². The standard InChI is InChI=1S/C19H19ClN4O5S2/c1-28-15-7-6-14(20)17-16(15)21-19(30-17)23-22-18(25)12-2-4-13(5-3-12)31(26,27)24-8-10-29-11-9-24/h2-7H,8-11H2,1H3,(H,21,23)(H,22,25). The highest BCUT2D eigenvalue weighted by atomic mass is 35.5. The minimum Gasteiger partial charge on any atom is -0.494 e. The number of carbonyl (C=O) groups excluding carboxylic acids is 1. The molecule has 9 nitrogen and oxygen atoms in total. The van der Waals surface area contributed by atoms with E-state index in [1.165, 1.54) is 39.9 Å². The average molecular weight is 483 g/mol. The molecular formula is C19H19ClN4O5S2. The first kappa shape index (κ1) is 21.8. The molecule has 12 heteroatoms. The molecule has 164 valence electrons. The summed E-state index contributed by atoms with van der Waals surface area (Å²) >= 11 is 7.47. The Morgan fingerprint density at radius 3 is 2.58 bits per heavy atom. The Morgan fingerprint density at radius 2 is 1.90 bits per heavy atom. The number of nitrogens with one attached hydrogen (secondary N) is 2. The molecule has 0 saturated carbocycles. The van der Waals surface area contributed by atoms with Crippen LogP contribution in [0.25, 0.3) is 10.2 Å². The van der Waals surface area contributed by atoms with Crippen molar-refractivity contribution in [3.05, 3.63) is 47.0 Å². The van der Waals surface area contributed by atoms with Crippen LogP contribution < -0.4 is 15.6 Å². The first-order chi connectivity index (χ1) is 14.9. The van der Waals surface area contributed by atoms with Crippen molar-refractivity contribution >= 4 is 54.2 Å². The normalized spacial score (nSPS) is 15.0. The van der Waals surface area contributed by atoms with Gasteiger partial charge in [0, 0.05) is 18.7 Å². The molecule has 0 unspecified atom stereocenters. The van der Waals surface area contributed by atoms with Gasteiger partial charge in [-0.3, -0.25) is 15.6 Å². The lowest BCUT2D eigenvalue weighted by Crippen LogP contribution is -2.40. The molecule has 31 heavy (non-hydrogen) atoms. The van der Waals surface area contributed by atoms with E-state index in [-0.39, 0.29) is 4.90 Å². The van der Waals surface area contributed by atoms with Crippen LogP contribution in [-0.4, -0.2) is 57.0 Å². The molecule has 2 heterocycles. The van der Waals surface area contributed by atoms with Crippen LogP contribution in [0.2, 0.25) is 5.02 Å². The molecule has 0 bridgehead atoms. The molecule has 0 spiro atoms. The topological polar surface area (TPSA) is 110 Å². The van der Waals surface area contributed by atoms with E-state index in [0.29, 0.717) is 53.3 Å². The van der Waals surface area contributed by atoms with Gasteiger partial charge in [0.2, 0.25) is 15.2 Å². The number of sulfonamides is 1. The molecule has 1 aromatic heterocycles. The molecule has 1 aliphatic heterocycles. The average Bonchev–Trinajstić information content (AvgIpc) is 3.24. The van der Waals surface area contributed by atoms with E-state index in [4.69, 9.17) is 21.1 Å². The van der Waals surface area contributed by atoms with Gasteiger partial charge in [0.15, 0.2) is 0 Å². The molecule has 2 N–H and O–H groups in total. The van der Waals surface area contributed by atoms with E-state index in [0.717, 1.165) is 4.70 Å². The Morgan fingerprint density at radius 1 is 1.19 bits per heavy atom. The van der Waals surface area contributed by atoms with E-state index in [9.17, 15) is 13.2 Å². The van der Waals surface area contributed by atoms with Crippen LogP contribution in [0.15, 0.2) is 41.3 Å². The Hall–Kier alpha value is -2.44. The van der Waals surface area contributed by atoms with E-state index < -0.39 is 15.9 Å². The van der Waals surface area contributed by atoms with Crippen molar-refractivity contribution in [3.8, 4) is 5.75 Å². The van der Waals surface area contributed by atoms with Crippen molar-refractivity contribution in [2.24, 2.45) is 0 Å². The summed E-state index contributed by atoms with van der Waals surface area (Å²) in [4.78, 5) is 17.0. The van der Waals surface area contributed by atoms with E-state index in [2.05, 4.69) is 15.8 Å². The number of rotatable bonds is 6. The second-order valence-electron chi connectivity index (χ2n) is 6.57. The van der Waals surface area contributed by atoms with Crippen LogP contribution in [0.1, 0.15) is 10.4 Å². The fourth-order valence-corrected chi connectivity index (χ4v) is 5.58. The molecule has 1 saturated heterocycles. The van der Waals surface area contributed by atoms with Gasteiger partial charge in [-0.05, 0) is 36.4 Å². The number of carbonyl (C=O) groups is 1. The van der Waals surface area contributed by atoms with Crippen molar-refractivity contribution in [1.82, 2.24) is 14.7 Å². The number of halogens is 1. The number of hydrogen-bond acceptors (Lipinski definition) is 8. The minimum absolute atomic E-state index is 0.131. The number of methoxy groups -OCH3 is 1. The second-order valence-corrected chi connectivity index (χ2v) is 9.91. The first-order valence-corrected chi connectivity index (χ1v) is 11.9. The van der Waals surface area contributed by atoms with Crippen LogP contribution >= 0.6 is 22.9 Å². The summed E-state index contributed by atoms with van der Waals surface area (Å²) in [7, 11) is -2.07. The van der Waals surface area contributed by atoms with Gasteiger partial charge < -0.3 is 9.47 Å². The zero-order chi connectivity index (χ0) is 22.0. The van der Waals surface area contributed by atoms with Gasteiger partial charge in [-0.15, -0.1) is 0 Å². The van der Waals surface area contributed by atoms with Crippen molar-refractivity contribution in [2.75, 3.05) is 38.8 Å². The largest absolute Gasteiger partial charge is 0.494 e.